The molecule has 0 radical (unpaired) electrons. The van der Waals surface area contributed by atoms with Gasteiger partial charge in [0.25, 0.3) is 0 Å². The first-order valence-corrected chi connectivity index (χ1v) is 42.2. The SMILES string of the molecule is CC1N=C(c2ccc(-c3cccc(-c4ccccc4)c3)cc2)c2ccccc2N1.CC1NC(c2cccc(-c3ccc(-c4ccccc4)cc3)c2)=NC(c2ccccc2)N1.CC1NC(c2cccc(-c3cccc(-c4ccccc4)c3)c2)=NC(c2ccccc2)N1.CC1NC(c2ccccc2)NC(c2ccc(-c3cccc(-c4ccccc4)c3)cc2)N1. The highest BCUT2D eigenvalue weighted by Gasteiger charge is 2.28. The second kappa shape index (κ2) is 38.6. The summed E-state index contributed by atoms with van der Waals surface area (Å²) in [4.78, 5) is 14.8. The maximum absolute atomic E-state index is 4.97. The maximum atomic E-state index is 4.97. The van der Waals surface area contributed by atoms with Crippen LogP contribution in [-0.4, -0.2) is 42.0 Å². The Bertz CT molecular complexity index is 6210. The van der Waals surface area contributed by atoms with Gasteiger partial charge in [-0.25, -0.2) is 9.98 Å². The number of nitrogens with zero attached hydrogens (tertiary/aromatic N) is 3. The van der Waals surface area contributed by atoms with E-state index in [1.807, 2.05) is 24.3 Å². The summed E-state index contributed by atoms with van der Waals surface area (Å²) < 4.78 is 0. The molecule has 0 spiro atoms. The molecule has 4 heterocycles. The van der Waals surface area contributed by atoms with Gasteiger partial charge in [-0.15, -0.1) is 0 Å². The smallest absolute Gasteiger partial charge is 0.131 e. The van der Waals surface area contributed by atoms with Crippen LogP contribution in [0.1, 0.15) is 96.9 Å². The molecule has 8 unspecified atom stereocenters. The standard InChI is InChI=1S/C28H25N3.C28H27N3.C28H25N3.C27H22N2/c1-20-29-27(22-12-6-3-7-13-22)31-28(30-20)26-17-9-16-25(19-26)24-15-8-14-23(18-24)21-10-4-2-5-11-21;1-20-29-27(23-11-6-3-7-12-23)31-28(30-20)24-17-15-22(16-18-24)26-14-8-13-25(19-26)21-9-4-2-5-10-21;1-20-29-27(24-11-6-3-7-12-24)31-28(30-20)26-14-8-13-25(19-26)23-17-15-22(16-18-23)21-9-4-2-5-10-21;1-19-28-26-13-6-5-12-25(26)27(29-19)22-16-14-21(15-17-22)24-11-7-10-23(18-24)20-8-3-2-4-9-20/h2-20,27,29H,1H3,(H,30,31);2-20,27-31H,1H3;2-20,27,29H,1H3,(H,30,31);2-19,28H,1H3. The maximum Gasteiger partial charge on any atom is 0.131 e. The molecule has 0 aliphatic carbocycles. The van der Waals surface area contributed by atoms with Gasteiger partial charge in [0.1, 0.15) is 30.2 Å². The molecular weight excluding hydrogens is 1490 g/mol. The lowest BCUT2D eigenvalue weighted by molar-refractivity contribution is 0.213. The Morgan fingerprint density at radius 3 is 0.828 bits per heavy atom. The minimum Gasteiger partial charge on any atom is -0.363 e. The molecule has 4 aliphatic rings. The number of fused-ring (bicyclic) bond motifs is 1. The van der Waals surface area contributed by atoms with Gasteiger partial charge in [0.2, 0.25) is 0 Å². The van der Waals surface area contributed by atoms with Crippen molar-refractivity contribution in [2.24, 2.45) is 15.0 Å². The summed E-state index contributed by atoms with van der Waals surface area (Å²) >= 11 is 0. The van der Waals surface area contributed by atoms with Crippen LogP contribution in [-0.2, 0) is 0 Å². The lowest BCUT2D eigenvalue weighted by Gasteiger charge is -2.38. The molecule has 1 saturated heterocycles. The number of hydrogen-bond acceptors (Lipinski definition) is 11. The second-order valence-corrected chi connectivity index (χ2v) is 31.1. The van der Waals surface area contributed by atoms with Crippen LogP contribution >= 0.6 is 0 Å². The first-order chi connectivity index (χ1) is 60.1. The molecule has 0 saturated carbocycles. The normalized spacial score (nSPS) is 18.2. The van der Waals surface area contributed by atoms with Crippen molar-refractivity contribution in [1.29, 1.82) is 0 Å². The highest BCUT2D eigenvalue weighted by Crippen LogP contribution is 2.35. The monoisotopic (exact) mass is 1590 g/mol. The van der Waals surface area contributed by atoms with Gasteiger partial charge in [0.05, 0.1) is 36.5 Å². The molecule has 11 nitrogen and oxygen atoms in total. The summed E-state index contributed by atoms with van der Waals surface area (Å²) in [5.41, 5.74) is 31.0. The summed E-state index contributed by atoms with van der Waals surface area (Å²) in [7, 11) is 0. The van der Waals surface area contributed by atoms with E-state index in [2.05, 4.69) is 477 Å². The average Bonchev–Trinajstić information content (AvgIpc) is 0.793. The van der Waals surface area contributed by atoms with Crippen molar-refractivity contribution in [3.8, 4) is 89.0 Å². The second-order valence-electron chi connectivity index (χ2n) is 31.1. The molecule has 1 fully saturated rings. The summed E-state index contributed by atoms with van der Waals surface area (Å²) in [6.45, 7) is 8.49. The van der Waals surface area contributed by atoms with E-state index in [9.17, 15) is 0 Å². The van der Waals surface area contributed by atoms with Crippen LogP contribution in [0.25, 0.3) is 89.0 Å². The molecule has 0 aromatic heterocycles. The number of hydrogen-bond donors (Lipinski definition) is 8. The Balaban J connectivity index is 0.000000116. The lowest BCUT2D eigenvalue weighted by atomic mass is 9.95. The Labute approximate surface area is 717 Å². The number of aliphatic imine (C=N–C) groups is 3. The zero-order valence-electron chi connectivity index (χ0n) is 69.0. The van der Waals surface area contributed by atoms with E-state index in [4.69, 9.17) is 15.0 Å². The van der Waals surface area contributed by atoms with Gasteiger partial charge in [0, 0.05) is 27.9 Å². The first kappa shape index (κ1) is 80.2. The number of benzene rings is 16. The number of para-hydroxylation sites is 1. The van der Waals surface area contributed by atoms with Crippen LogP contribution in [0.3, 0.4) is 0 Å². The summed E-state index contributed by atoms with van der Waals surface area (Å²) in [5.74, 6) is 1.84. The summed E-state index contributed by atoms with van der Waals surface area (Å²) in [5, 5.41) is 28.3. The molecule has 4 aliphatic heterocycles. The topological polar surface area (TPSA) is 133 Å². The molecule has 8 atom stereocenters. The van der Waals surface area contributed by atoms with Crippen LogP contribution in [0.4, 0.5) is 5.69 Å². The third-order valence-corrected chi connectivity index (χ3v) is 22.3. The fourth-order valence-corrected chi connectivity index (χ4v) is 16.1. The molecule has 16 aromatic carbocycles. The van der Waals surface area contributed by atoms with E-state index in [0.717, 1.165) is 45.3 Å². The van der Waals surface area contributed by atoms with Crippen molar-refractivity contribution in [1.82, 2.24) is 37.2 Å². The summed E-state index contributed by atoms with van der Waals surface area (Å²) in [6, 6.07) is 151. The number of anilines is 1. The van der Waals surface area contributed by atoms with Crippen molar-refractivity contribution in [2.75, 3.05) is 5.32 Å². The lowest BCUT2D eigenvalue weighted by Crippen LogP contribution is -2.57. The minimum absolute atomic E-state index is 0.0544. The van der Waals surface area contributed by atoms with Gasteiger partial charge in [-0.1, -0.05) is 394 Å². The molecule has 0 amide bonds. The zero-order valence-corrected chi connectivity index (χ0v) is 69.0. The fraction of sp³-hybridized carbons (Fsp3) is 0.108. The van der Waals surface area contributed by atoms with Gasteiger partial charge >= 0.3 is 0 Å². The number of rotatable bonds is 15. The van der Waals surface area contributed by atoms with Crippen molar-refractivity contribution in [3.63, 3.8) is 0 Å². The molecule has 8 N–H and O–H groups in total. The minimum atomic E-state index is -0.0579. The van der Waals surface area contributed by atoms with Gasteiger partial charge in [-0.2, -0.15) is 0 Å². The molecular formula is C111H99N11. The van der Waals surface area contributed by atoms with E-state index >= 15 is 0 Å². The van der Waals surface area contributed by atoms with Crippen LogP contribution in [0.2, 0.25) is 0 Å². The quantitative estimate of drug-likeness (QED) is 0.0509. The van der Waals surface area contributed by atoms with Crippen LogP contribution in [0, 0.1) is 0 Å². The molecule has 598 valence electrons. The van der Waals surface area contributed by atoms with Crippen molar-refractivity contribution >= 4 is 23.1 Å². The number of amidine groups is 2. The average molecular weight is 1590 g/mol. The van der Waals surface area contributed by atoms with E-state index in [-0.39, 0.29) is 49.3 Å². The molecule has 122 heavy (non-hydrogen) atoms. The number of nitrogens with one attached hydrogen (secondary N) is 8. The first-order valence-electron chi connectivity index (χ1n) is 42.2. The Kier molecular flexibility index (Phi) is 25.4. The largest absolute Gasteiger partial charge is 0.363 e. The van der Waals surface area contributed by atoms with Crippen molar-refractivity contribution in [2.45, 2.75) is 77.0 Å². The third kappa shape index (κ3) is 20.0. The highest BCUT2D eigenvalue weighted by molar-refractivity contribution is 6.17. The Morgan fingerprint density at radius 2 is 0.451 bits per heavy atom. The predicted octanol–water partition coefficient (Wildman–Crippen LogP) is 24.5. The van der Waals surface area contributed by atoms with Crippen molar-refractivity contribution < 1.29 is 0 Å². The molecule has 0 bridgehead atoms. The Morgan fingerprint density at radius 1 is 0.189 bits per heavy atom. The predicted molar refractivity (Wildman–Crippen MR) is 508 cm³/mol. The third-order valence-electron chi connectivity index (χ3n) is 22.3. The van der Waals surface area contributed by atoms with E-state index in [1.54, 1.807) is 0 Å². The van der Waals surface area contributed by atoms with Crippen LogP contribution in [0.15, 0.2) is 446 Å². The van der Waals surface area contributed by atoms with Gasteiger partial charge < -0.3 is 16.0 Å². The van der Waals surface area contributed by atoms with Crippen molar-refractivity contribution in [3.05, 3.63) is 475 Å². The fourth-order valence-electron chi connectivity index (χ4n) is 16.1. The van der Waals surface area contributed by atoms with E-state index in [0.29, 0.717) is 0 Å². The van der Waals surface area contributed by atoms with Gasteiger partial charge in [-0.05, 0) is 175 Å². The summed E-state index contributed by atoms with van der Waals surface area (Å²) in [6.07, 6.45) is 0.629. The molecule has 11 heteroatoms. The Hall–Kier alpha value is -14.3. The molecule has 20 rings (SSSR count). The van der Waals surface area contributed by atoms with E-state index in [1.165, 1.54) is 111 Å². The van der Waals surface area contributed by atoms with Gasteiger partial charge in [0.15, 0.2) is 0 Å². The van der Waals surface area contributed by atoms with Crippen LogP contribution < -0.4 is 42.5 Å². The molecule has 16 aromatic rings. The van der Waals surface area contributed by atoms with Crippen LogP contribution in [0.5, 0.6) is 0 Å². The van der Waals surface area contributed by atoms with E-state index < -0.39 is 0 Å². The zero-order chi connectivity index (χ0) is 82.8. The highest BCUT2D eigenvalue weighted by atomic mass is 15.3. The van der Waals surface area contributed by atoms with Gasteiger partial charge in [-0.3, -0.25) is 31.6 Å².